The van der Waals surface area contributed by atoms with Crippen molar-refractivity contribution in [3.05, 3.63) is 48.0 Å². The van der Waals surface area contributed by atoms with Crippen LogP contribution in [-0.2, 0) is 9.53 Å². The fourth-order valence-corrected chi connectivity index (χ4v) is 1.92. The smallest absolute Gasteiger partial charge is 0.337 e. The van der Waals surface area contributed by atoms with Crippen LogP contribution in [0.3, 0.4) is 0 Å². The second kappa shape index (κ2) is 7.06. The number of anilines is 2. The molecule has 0 fully saturated rings. The van der Waals surface area contributed by atoms with Gasteiger partial charge in [0.2, 0.25) is 6.08 Å². The molecule has 2 aromatic rings. The minimum Gasteiger partial charge on any atom is -0.495 e. The average Bonchev–Trinajstić information content (AvgIpc) is 2.56. The first kappa shape index (κ1) is 15.3. The molecule has 0 saturated carbocycles. The van der Waals surface area contributed by atoms with Gasteiger partial charge in [-0.1, -0.05) is 12.1 Å². The number of benzene rings is 2. The van der Waals surface area contributed by atoms with Gasteiger partial charge < -0.3 is 14.8 Å². The predicted octanol–water partition coefficient (Wildman–Crippen LogP) is 3.19. The van der Waals surface area contributed by atoms with Crippen molar-refractivity contribution in [2.75, 3.05) is 19.5 Å². The van der Waals surface area contributed by atoms with E-state index in [-0.39, 0.29) is 5.69 Å². The van der Waals surface area contributed by atoms with E-state index in [1.54, 1.807) is 25.3 Å². The number of esters is 1. The Morgan fingerprint density at radius 1 is 1.14 bits per heavy atom. The highest BCUT2D eigenvalue weighted by atomic mass is 16.5. The summed E-state index contributed by atoms with van der Waals surface area (Å²) in [5, 5.41) is 3.11. The van der Waals surface area contributed by atoms with Crippen LogP contribution in [0.4, 0.5) is 17.1 Å². The number of aliphatic imine (C=N–C) groups is 1. The maximum atomic E-state index is 11.5. The lowest BCUT2D eigenvalue weighted by Gasteiger charge is -2.12. The van der Waals surface area contributed by atoms with Gasteiger partial charge in [0.15, 0.2) is 0 Å². The molecule has 0 atom stereocenters. The highest BCUT2D eigenvalue weighted by Crippen LogP contribution is 2.33. The summed E-state index contributed by atoms with van der Waals surface area (Å²) in [6.07, 6.45) is 1.47. The molecule has 0 amide bonds. The third-order valence-electron chi connectivity index (χ3n) is 2.96. The van der Waals surface area contributed by atoms with Crippen molar-refractivity contribution in [1.29, 1.82) is 0 Å². The summed E-state index contributed by atoms with van der Waals surface area (Å²) in [6.45, 7) is 0. The van der Waals surface area contributed by atoms with E-state index in [1.807, 2.05) is 18.2 Å². The van der Waals surface area contributed by atoms with Gasteiger partial charge in [-0.05, 0) is 30.3 Å². The van der Waals surface area contributed by atoms with Gasteiger partial charge in [-0.3, -0.25) is 0 Å². The first-order valence-electron chi connectivity index (χ1n) is 6.40. The van der Waals surface area contributed by atoms with Crippen molar-refractivity contribution in [2.24, 2.45) is 4.99 Å². The number of isocyanates is 1. The summed E-state index contributed by atoms with van der Waals surface area (Å²) in [4.78, 5) is 25.7. The summed E-state index contributed by atoms with van der Waals surface area (Å²) >= 11 is 0. The molecule has 1 N–H and O–H groups in total. The molecule has 0 aliphatic carbocycles. The molecule has 0 saturated heterocycles. The van der Waals surface area contributed by atoms with Crippen LogP contribution in [0, 0.1) is 0 Å². The second-order valence-corrected chi connectivity index (χ2v) is 4.25. The second-order valence-electron chi connectivity index (χ2n) is 4.25. The van der Waals surface area contributed by atoms with Gasteiger partial charge in [-0.25, -0.2) is 9.59 Å². The first-order chi connectivity index (χ1) is 10.7. The monoisotopic (exact) mass is 298 g/mol. The van der Waals surface area contributed by atoms with Crippen LogP contribution >= 0.6 is 0 Å². The molecule has 0 aromatic heterocycles. The normalized spacial score (nSPS) is 9.55. The number of nitrogens with one attached hydrogen (secondary N) is 1. The zero-order valence-corrected chi connectivity index (χ0v) is 12.1. The molecule has 0 aliphatic rings. The highest BCUT2D eigenvalue weighted by Gasteiger charge is 2.11. The number of carbonyl (C=O) groups excluding carboxylic acids is 2. The summed E-state index contributed by atoms with van der Waals surface area (Å²) < 4.78 is 9.90. The Kier molecular flexibility index (Phi) is 4.90. The fraction of sp³-hybridized carbons (Fsp3) is 0.125. The van der Waals surface area contributed by atoms with E-state index < -0.39 is 5.97 Å². The zero-order chi connectivity index (χ0) is 15.9. The summed E-state index contributed by atoms with van der Waals surface area (Å²) in [7, 11) is 2.84. The maximum Gasteiger partial charge on any atom is 0.337 e. The molecular formula is C16H14N2O4. The van der Waals surface area contributed by atoms with Crippen LogP contribution in [0.5, 0.6) is 5.75 Å². The van der Waals surface area contributed by atoms with Crippen LogP contribution in [0.25, 0.3) is 0 Å². The van der Waals surface area contributed by atoms with Crippen LogP contribution in [0.1, 0.15) is 10.4 Å². The number of nitrogens with zero attached hydrogens (tertiary/aromatic N) is 1. The molecule has 6 heteroatoms. The Balaban J connectivity index is 2.42. The number of hydrogen-bond acceptors (Lipinski definition) is 6. The zero-order valence-electron chi connectivity index (χ0n) is 12.1. The Bertz CT molecular complexity index is 737. The Morgan fingerprint density at radius 2 is 1.91 bits per heavy atom. The van der Waals surface area contributed by atoms with Gasteiger partial charge in [-0.2, -0.15) is 4.99 Å². The largest absolute Gasteiger partial charge is 0.495 e. The van der Waals surface area contributed by atoms with Gasteiger partial charge in [0.1, 0.15) is 11.4 Å². The number of para-hydroxylation sites is 2. The van der Waals surface area contributed by atoms with E-state index in [0.29, 0.717) is 22.7 Å². The minimum atomic E-state index is -0.508. The Labute approximate surface area is 127 Å². The van der Waals surface area contributed by atoms with Crippen molar-refractivity contribution in [1.82, 2.24) is 0 Å². The van der Waals surface area contributed by atoms with E-state index in [0.717, 1.165) is 0 Å². The van der Waals surface area contributed by atoms with Crippen molar-refractivity contribution >= 4 is 29.1 Å². The van der Waals surface area contributed by atoms with Crippen LogP contribution in [-0.4, -0.2) is 26.3 Å². The summed E-state index contributed by atoms with van der Waals surface area (Å²) in [5.74, 6) is 0.131. The van der Waals surface area contributed by atoms with Crippen molar-refractivity contribution in [3.8, 4) is 5.75 Å². The maximum absolute atomic E-state index is 11.5. The van der Waals surface area contributed by atoms with Crippen molar-refractivity contribution in [3.63, 3.8) is 0 Å². The molecule has 0 unspecified atom stereocenters. The predicted molar refractivity (Wildman–Crippen MR) is 81.8 cm³/mol. The average molecular weight is 298 g/mol. The summed E-state index contributed by atoms with van der Waals surface area (Å²) in [5.41, 5.74) is 1.82. The van der Waals surface area contributed by atoms with Crippen molar-refractivity contribution in [2.45, 2.75) is 0 Å². The molecule has 112 valence electrons. The molecule has 22 heavy (non-hydrogen) atoms. The van der Waals surface area contributed by atoms with Gasteiger partial charge in [0.05, 0.1) is 31.2 Å². The molecule has 0 bridgehead atoms. The van der Waals surface area contributed by atoms with E-state index in [9.17, 15) is 9.59 Å². The van der Waals surface area contributed by atoms with Crippen LogP contribution < -0.4 is 10.1 Å². The molecule has 2 aromatic carbocycles. The Hall–Kier alpha value is -3.11. The minimum absolute atomic E-state index is 0.281. The summed E-state index contributed by atoms with van der Waals surface area (Å²) in [6, 6.07) is 12.0. The van der Waals surface area contributed by atoms with E-state index in [2.05, 4.69) is 15.0 Å². The molecule has 0 radical (unpaired) electrons. The van der Waals surface area contributed by atoms with E-state index in [1.165, 1.54) is 19.3 Å². The first-order valence-corrected chi connectivity index (χ1v) is 6.40. The number of hydrogen-bond donors (Lipinski definition) is 1. The lowest BCUT2D eigenvalue weighted by atomic mass is 10.1. The molecule has 6 nitrogen and oxygen atoms in total. The van der Waals surface area contributed by atoms with Gasteiger partial charge >= 0.3 is 5.97 Å². The SMILES string of the molecule is COC(=O)c1ccc(Nc2ccccc2OC)c(N=C=O)c1. The molecule has 0 heterocycles. The number of carbonyl (C=O) groups is 1. The highest BCUT2D eigenvalue weighted by molar-refractivity contribution is 5.92. The lowest BCUT2D eigenvalue weighted by Crippen LogP contribution is -2.01. The van der Waals surface area contributed by atoms with E-state index in [4.69, 9.17) is 4.74 Å². The standard InChI is InChI=1S/C16H14N2O4/c1-21-15-6-4-3-5-13(15)18-12-8-7-11(16(20)22-2)9-14(12)17-10-19/h3-9,18H,1-2H3. The van der Waals surface area contributed by atoms with Gasteiger partial charge in [-0.15, -0.1) is 0 Å². The molecule has 0 spiro atoms. The third kappa shape index (κ3) is 3.31. The number of ether oxygens (including phenoxy) is 2. The van der Waals surface area contributed by atoms with E-state index >= 15 is 0 Å². The fourth-order valence-electron chi connectivity index (χ4n) is 1.92. The molecule has 2 rings (SSSR count). The Morgan fingerprint density at radius 3 is 2.59 bits per heavy atom. The van der Waals surface area contributed by atoms with Gasteiger partial charge in [0, 0.05) is 0 Å². The number of methoxy groups -OCH3 is 2. The quantitative estimate of drug-likeness (QED) is 0.521. The topological polar surface area (TPSA) is 77.0 Å². The van der Waals surface area contributed by atoms with Gasteiger partial charge in [0.25, 0.3) is 0 Å². The van der Waals surface area contributed by atoms with Crippen LogP contribution in [0.15, 0.2) is 47.5 Å². The van der Waals surface area contributed by atoms with Crippen LogP contribution in [0.2, 0.25) is 0 Å². The third-order valence-corrected chi connectivity index (χ3v) is 2.96. The molecular weight excluding hydrogens is 284 g/mol. The lowest BCUT2D eigenvalue weighted by molar-refractivity contribution is 0.0601. The van der Waals surface area contributed by atoms with Crippen molar-refractivity contribution < 1.29 is 19.1 Å². The number of rotatable bonds is 5. The molecule has 0 aliphatic heterocycles.